The van der Waals surface area contributed by atoms with Gasteiger partial charge in [0.25, 0.3) is 0 Å². The molecule has 0 radical (unpaired) electrons. The number of hydrogen-bond donors (Lipinski definition) is 2. The molecule has 0 aliphatic rings. The normalized spacial score (nSPS) is 10.5. The molecule has 0 saturated carbocycles. The van der Waals surface area contributed by atoms with E-state index in [0.29, 0.717) is 0 Å². The highest BCUT2D eigenvalue weighted by molar-refractivity contribution is 6.44. The molecular formula is C21H10Cl4O7. The second kappa shape index (κ2) is 9.67. The Bertz CT molecular complexity index is 1220. The number of phenols is 1. The van der Waals surface area contributed by atoms with Crippen LogP contribution in [0.3, 0.4) is 0 Å². The molecule has 0 fully saturated rings. The minimum atomic E-state index is -1.13. The predicted octanol–water partition coefficient (Wildman–Crippen LogP) is 6.14. The summed E-state index contributed by atoms with van der Waals surface area (Å²) >= 11 is 23.9. The fourth-order valence-corrected chi connectivity index (χ4v) is 3.36. The summed E-state index contributed by atoms with van der Waals surface area (Å²) in [6.07, 6.45) is 0. The summed E-state index contributed by atoms with van der Waals surface area (Å²) < 4.78 is 10.4. The standard InChI is InChI=1S/C21H10Cl4O7/c22-13-7-10(8-14(23)18(13)26)20(29)32-15-6-5-12(16(24)17(15)25)21(30)31-11-3-1-9(2-4-11)19(27)28/h1-8,26H,(H,27,28). The third kappa shape index (κ3) is 5.08. The summed E-state index contributed by atoms with van der Waals surface area (Å²) in [4.78, 5) is 35.7. The van der Waals surface area contributed by atoms with Crippen LogP contribution in [0.5, 0.6) is 17.2 Å². The zero-order chi connectivity index (χ0) is 23.6. The van der Waals surface area contributed by atoms with Crippen molar-refractivity contribution in [2.24, 2.45) is 0 Å². The molecule has 0 atom stereocenters. The fraction of sp³-hybridized carbons (Fsp3) is 0. The van der Waals surface area contributed by atoms with Crippen molar-refractivity contribution in [3.05, 3.63) is 85.3 Å². The smallest absolute Gasteiger partial charge is 0.345 e. The molecule has 164 valence electrons. The topological polar surface area (TPSA) is 110 Å². The van der Waals surface area contributed by atoms with Crippen molar-refractivity contribution in [3.8, 4) is 17.2 Å². The van der Waals surface area contributed by atoms with Crippen LogP contribution < -0.4 is 9.47 Å². The van der Waals surface area contributed by atoms with Crippen molar-refractivity contribution in [3.63, 3.8) is 0 Å². The van der Waals surface area contributed by atoms with E-state index in [1.54, 1.807) is 0 Å². The van der Waals surface area contributed by atoms with Gasteiger partial charge in [-0.2, -0.15) is 0 Å². The number of aromatic hydroxyl groups is 1. The summed E-state index contributed by atoms with van der Waals surface area (Å²) in [5.74, 6) is -3.32. The molecule has 32 heavy (non-hydrogen) atoms. The Hall–Kier alpha value is -2.97. The van der Waals surface area contributed by atoms with Crippen LogP contribution in [0.25, 0.3) is 0 Å². The lowest BCUT2D eigenvalue weighted by Crippen LogP contribution is -2.12. The van der Waals surface area contributed by atoms with Gasteiger partial charge < -0.3 is 19.7 Å². The lowest BCUT2D eigenvalue weighted by atomic mass is 10.2. The molecule has 3 aromatic carbocycles. The number of halogens is 4. The number of phenolic OH excluding ortho intramolecular Hbond substituents is 1. The van der Waals surface area contributed by atoms with Gasteiger partial charge in [0, 0.05) is 0 Å². The average Bonchev–Trinajstić information content (AvgIpc) is 2.75. The molecule has 0 amide bonds. The van der Waals surface area contributed by atoms with Gasteiger partial charge in [-0.05, 0) is 48.5 Å². The molecule has 0 aliphatic carbocycles. The molecule has 0 bridgehead atoms. The first-order valence-electron chi connectivity index (χ1n) is 8.52. The molecule has 0 spiro atoms. The van der Waals surface area contributed by atoms with Gasteiger partial charge in [0.2, 0.25) is 0 Å². The number of carboxylic acid groups (broad SMARTS) is 1. The maximum absolute atomic E-state index is 12.4. The van der Waals surface area contributed by atoms with Gasteiger partial charge in [-0.3, -0.25) is 0 Å². The first kappa shape index (κ1) is 23.7. The number of hydrogen-bond acceptors (Lipinski definition) is 6. The number of esters is 2. The van der Waals surface area contributed by atoms with Crippen molar-refractivity contribution in [2.45, 2.75) is 0 Å². The highest BCUT2D eigenvalue weighted by Gasteiger charge is 2.21. The Labute approximate surface area is 200 Å². The minimum absolute atomic E-state index is 0.0215. The summed E-state index contributed by atoms with van der Waals surface area (Å²) in [5, 5.41) is 17.7. The number of benzene rings is 3. The molecule has 0 aliphatic heterocycles. The summed E-state index contributed by atoms with van der Waals surface area (Å²) in [6, 6.07) is 9.93. The molecule has 3 aromatic rings. The second-order valence-electron chi connectivity index (χ2n) is 6.14. The van der Waals surface area contributed by atoms with Crippen LogP contribution in [0.4, 0.5) is 0 Å². The zero-order valence-electron chi connectivity index (χ0n) is 15.6. The molecule has 0 heterocycles. The SMILES string of the molecule is O=C(O)c1ccc(OC(=O)c2ccc(OC(=O)c3cc(Cl)c(O)c(Cl)c3)c(Cl)c2Cl)cc1. The maximum Gasteiger partial charge on any atom is 0.345 e. The molecule has 2 N–H and O–H groups in total. The van der Waals surface area contributed by atoms with Crippen LogP contribution in [0.15, 0.2) is 48.5 Å². The van der Waals surface area contributed by atoms with Crippen LogP contribution in [0.1, 0.15) is 31.1 Å². The predicted molar refractivity (Wildman–Crippen MR) is 118 cm³/mol. The fourth-order valence-electron chi connectivity index (χ4n) is 2.44. The Morgan fingerprint density at radius 2 is 1.31 bits per heavy atom. The lowest BCUT2D eigenvalue weighted by molar-refractivity contribution is 0.0694. The molecular weight excluding hydrogens is 506 g/mol. The Morgan fingerprint density at radius 3 is 1.88 bits per heavy atom. The minimum Gasteiger partial charge on any atom is -0.505 e. The number of carbonyl (C=O) groups is 3. The van der Waals surface area contributed by atoms with E-state index < -0.39 is 17.9 Å². The van der Waals surface area contributed by atoms with Gasteiger partial charge in [-0.15, -0.1) is 0 Å². The van der Waals surface area contributed by atoms with Gasteiger partial charge in [0.15, 0.2) is 11.5 Å². The first-order chi connectivity index (χ1) is 15.1. The van der Waals surface area contributed by atoms with E-state index in [1.807, 2.05) is 0 Å². The summed E-state index contributed by atoms with van der Waals surface area (Å²) in [5.41, 5.74) is -0.152. The van der Waals surface area contributed by atoms with Crippen molar-refractivity contribution >= 4 is 64.3 Å². The third-order valence-corrected chi connectivity index (χ3v) is 5.47. The molecule has 0 saturated heterocycles. The second-order valence-corrected chi connectivity index (χ2v) is 7.71. The van der Waals surface area contributed by atoms with Crippen molar-refractivity contribution < 1.29 is 34.1 Å². The van der Waals surface area contributed by atoms with Crippen molar-refractivity contribution in [1.82, 2.24) is 0 Å². The van der Waals surface area contributed by atoms with E-state index in [4.69, 9.17) is 61.0 Å². The number of ether oxygens (including phenoxy) is 2. The highest BCUT2D eigenvalue weighted by atomic mass is 35.5. The van der Waals surface area contributed by atoms with E-state index in [0.717, 1.165) is 12.1 Å². The Morgan fingerprint density at radius 1 is 0.719 bits per heavy atom. The van der Waals surface area contributed by atoms with E-state index in [2.05, 4.69) is 0 Å². The van der Waals surface area contributed by atoms with Crippen molar-refractivity contribution in [1.29, 1.82) is 0 Å². The molecule has 3 rings (SSSR count). The molecule has 7 nitrogen and oxygen atoms in total. The molecule has 0 unspecified atom stereocenters. The zero-order valence-corrected chi connectivity index (χ0v) is 18.6. The molecule has 0 aromatic heterocycles. The quantitative estimate of drug-likeness (QED) is 0.310. The highest BCUT2D eigenvalue weighted by Crippen LogP contribution is 2.37. The first-order valence-corrected chi connectivity index (χ1v) is 10.0. The van der Waals surface area contributed by atoms with Gasteiger partial charge in [0.1, 0.15) is 10.8 Å². The number of rotatable bonds is 5. The maximum atomic E-state index is 12.4. The van der Waals surface area contributed by atoms with Crippen LogP contribution >= 0.6 is 46.4 Å². The van der Waals surface area contributed by atoms with Crippen LogP contribution in [-0.2, 0) is 0 Å². The Kier molecular flexibility index (Phi) is 7.16. The van der Waals surface area contributed by atoms with Gasteiger partial charge in [-0.1, -0.05) is 46.4 Å². The number of carboxylic acids is 1. The van der Waals surface area contributed by atoms with Crippen LogP contribution in [-0.4, -0.2) is 28.1 Å². The van der Waals surface area contributed by atoms with Crippen molar-refractivity contribution in [2.75, 3.05) is 0 Å². The molecule has 11 heteroatoms. The largest absolute Gasteiger partial charge is 0.505 e. The van der Waals surface area contributed by atoms with E-state index in [-0.39, 0.29) is 54.0 Å². The summed E-state index contributed by atoms with van der Waals surface area (Å²) in [6.45, 7) is 0. The van der Waals surface area contributed by atoms with Crippen LogP contribution in [0, 0.1) is 0 Å². The van der Waals surface area contributed by atoms with Gasteiger partial charge in [-0.25, -0.2) is 14.4 Å². The third-order valence-electron chi connectivity index (χ3n) is 4.03. The summed E-state index contributed by atoms with van der Waals surface area (Å²) in [7, 11) is 0. The van der Waals surface area contributed by atoms with Gasteiger partial charge >= 0.3 is 17.9 Å². The number of aromatic carboxylic acids is 1. The van der Waals surface area contributed by atoms with E-state index >= 15 is 0 Å². The van der Waals surface area contributed by atoms with Crippen LogP contribution in [0.2, 0.25) is 20.1 Å². The average molecular weight is 516 g/mol. The lowest BCUT2D eigenvalue weighted by Gasteiger charge is -2.11. The number of carbonyl (C=O) groups excluding carboxylic acids is 2. The van der Waals surface area contributed by atoms with Gasteiger partial charge in [0.05, 0.1) is 31.8 Å². The Balaban J connectivity index is 1.79. The monoisotopic (exact) mass is 514 g/mol. The van der Waals surface area contributed by atoms with E-state index in [1.165, 1.54) is 36.4 Å². The van der Waals surface area contributed by atoms with E-state index in [9.17, 15) is 19.5 Å².